The highest BCUT2D eigenvalue weighted by atomic mass is 16.1. The summed E-state index contributed by atoms with van der Waals surface area (Å²) in [6.45, 7) is 2.43. The van der Waals surface area contributed by atoms with Crippen molar-refractivity contribution < 1.29 is 4.79 Å². The molecule has 0 radical (unpaired) electrons. The van der Waals surface area contributed by atoms with E-state index in [-0.39, 0.29) is 0 Å². The molecule has 1 rings (SSSR count). The third-order valence-electron chi connectivity index (χ3n) is 1.31. The first-order chi connectivity index (χ1) is 5.33. The predicted octanol–water partition coefficient (Wildman–Crippen LogP) is 0.636. The molecule has 0 saturated heterocycles. The van der Waals surface area contributed by atoms with Crippen molar-refractivity contribution in [2.24, 2.45) is 0 Å². The van der Waals surface area contributed by atoms with Gasteiger partial charge in [0.15, 0.2) is 0 Å². The molecule has 3 nitrogen and oxygen atoms in total. The number of aromatic nitrogens is 1. The number of pyridine rings is 1. The average molecular weight is 150 g/mol. The molecule has 0 fully saturated rings. The molecule has 0 aliphatic rings. The van der Waals surface area contributed by atoms with Crippen LogP contribution in [0.5, 0.6) is 0 Å². The standard InChI is InChI=1S/C8H10N2O/c1-7-3-2-4-8(10-7)5-9-6-11/h2-4,6H,5H2,1H3,(H,9,11). The van der Waals surface area contributed by atoms with Crippen molar-refractivity contribution in [3.63, 3.8) is 0 Å². The Hall–Kier alpha value is -1.38. The summed E-state index contributed by atoms with van der Waals surface area (Å²) >= 11 is 0. The van der Waals surface area contributed by atoms with E-state index >= 15 is 0 Å². The van der Waals surface area contributed by atoms with E-state index in [9.17, 15) is 4.79 Å². The molecule has 0 spiro atoms. The van der Waals surface area contributed by atoms with Crippen LogP contribution in [0.15, 0.2) is 18.2 Å². The van der Waals surface area contributed by atoms with Gasteiger partial charge in [-0.25, -0.2) is 0 Å². The third kappa shape index (κ3) is 2.37. The van der Waals surface area contributed by atoms with Crippen LogP contribution in [0.4, 0.5) is 0 Å². The summed E-state index contributed by atoms with van der Waals surface area (Å²) in [5, 5.41) is 2.55. The summed E-state index contributed by atoms with van der Waals surface area (Å²) < 4.78 is 0. The monoisotopic (exact) mass is 150 g/mol. The second kappa shape index (κ2) is 3.71. The molecule has 0 unspecified atom stereocenters. The van der Waals surface area contributed by atoms with Crippen molar-refractivity contribution in [2.75, 3.05) is 0 Å². The Bertz CT molecular complexity index is 248. The molecule has 0 aromatic carbocycles. The summed E-state index contributed by atoms with van der Waals surface area (Å²) in [5.74, 6) is 0. The number of hydrogen-bond donors (Lipinski definition) is 1. The molecule has 0 bridgehead atoms. The Morgan fingerprint density at radius 3 is 3.09 bits per heavy atom. The fourth-order valence-electron chi connectivity index (χ4n) is 0.844. The maximum atomic E-state index is 9.92. The first-order valence-corrected chi connectivity index (χ1v) is 3.42. The Balaban J connectivity index is 2.63. The molecule has 0 saturated carbocycles. The molecule has 11 heavy (non-hydrogen) atoms. The van der Waals surface area contributed by atoms with Crippen LogP contribution in [0, 0.1) is 6.92 Å². The van der Waals surface area contributed by atoms with Crippen LogP contribution in [-0.2, 0) is 11.3 Å². The molecule has 1 heterocycles. The lowest BCUT2D eigenvalue weighted by atomic mass is 10.3. The highest BCUT2D eigenvalue weighted by Gasteiger charge is 1.91. The van der Waals surface area contributed by atoms with Gasteiger partial charge in [0, 0.05) is 5.69 Å². The van der Waals surface area contributed by atoms with Crippen LogP contribution in [0.2, 0.25) is 0 Å². The van der Waals surface area contributed by atoms with E-state index in [1.807, 2.05) is 25.1 Å². The van der Waals surface area contributed by atoms with E-state index in [2.05, 4.69) is 10.3 Å². The summed E-state index contributed by atoms with van der Waals surface area (Å²) in [6.07, 6.45) is 0.671. The lowest BCUT2D eigenvalue weighted by Crippen LogP contribution is -2.11. The van der Waals surface area contributed by atoms with Crippen molar-refractivity contribution in [1.82, 2.24) is 10.3 Å². The largest absolute Gasteiger partial charge is 0.353 e. The van der Waals surface area contributed by atoms with E-state index in [1.54, 1.807) is 0 Å². The first-order valence-electron chi connectivity index (χ1n) is 3.42. The summed E-state index contributed by atoms with van der Waals surface area (Å²) in [4.78, 5) is 14.1. The number of amides is 1. The van der Waals surface area contributed by atoms with Gasteiger partial charge in [0.25, 0.3) is 0 Å². The van der Waals surface area contributed by atoms with E-state index in [1.165, 1.54) is 0 Å². The van der Waals surface area contributed by atoms with Crippen LogP contribution >= 0.6 is 0 Å². The molecule has 3 heteroatoms. The average Bonchev–Trinajstić information content (AvgIpc) is 2.01. The zero-order chi connectivity index (χ0) is 8.10. The molecule has 0 atom stereocenters. The van der Waals surface area contributed by atoms with Crippen LogP contribution in [-0.4, -0.2) is 11.4 Å². The van der Waals surface area contributed by atoms with Crippen LogP contribution in [0.1, 0.15) is 11.4 Å². The Morgan fingerprint density at radius 1 is 1.64 bits per heavy atom. The quantitative estimate of drug-likeness (QED) is 0.642. The number of carbonyl (C=O) groups excluding carboxylic acids is 1. The summed E-state index contributed by atoms with van der Waals surface area (Å²) in [7, 11) is 0. The maximum Gasteiger partial charge on any atom is 0.207 e. The zero-order valence-electron chi connectivity index (χ0n) is 6.37. The molecule has 0 aliphatic heterocycles. The Labute approximate surface area is 65.5 Å². The van der Waals surface area contributed by atoms with Crippen LogP contribution < -0.4 is 5.32 Å². The zero-order valence-corrected chi connectivity index (χ0v) is 6.37. The minimum atomic E-state index is 0.505. The van der Waals surface area contributed by atoms with E-state index in [0.29, 0.717) is 13.0 Å². The van der Waals surface area contributed by atoms with Gasteiger partial charge in [-0.2, -0.15) is 0 Å². The number of hydrogen-bond acceptors (Lipinski definition) is 2. The number of aryl methyl sites for hydroxylation is 1. The number of rotatable bonds is 3. The van der Waals surface area contributed by atoms with Gasteiger partial charge in [-0.05, 0) is 19.1 Å². The number of nitrogens with one attached hydrogen (secondary N) is 1. The lowest BCUT2D eigenvalue weighted by molar-refractivity contribution is -0.109. The minimum absolute atomic E-state index is 0.505. The smallest absolute Gasteiger partial charge is 0.207 e. The second-order valence-electron chi connectivity index (χ2n) is 2.27. The van der Waals surface area contributed by atoms with E-state index in [0.717, 1.165) is 11.4 Å². The third-order valence-corrected chi connectivity index (χ3v) is 1.31. The van der Waals surface area contributed by atoms with Gasteiger partial charge in [0.05, 0.1) is 12.2 Å². The first kappa shape index (κ1) is 7.72. The van der Waals surface area contributed by atoms with Gasteiger partial charge in [-0.15, -0.1) is 0 Å². The highest BCUT2D eigenvalue weighted by molar-refractivity contribution is 5.45. The molecular weight excluding hydrogens is 140 g/mol. The fourth-order valence-corrected chi connectivity index (χ4v) is 0.844. The van der Waals surface area contributed by atoms with E-state index in [4.69, 9.17) is 0 Å². The minimum Gasteiger partial charge on any atom is -0.353 e. The van der Waals surface area contributed by atoms with Crippen LogP contribution in [0.25, 0.3) is 0 Å². The topological polar surface area (TPSA) is 42.0 Å². The predicted molar refractivity (Wildman–Crippen MR) is 41.9 cm³/mol. The molecule has 1 aromatic rings. The van der Waals surface area contributed by atoms with Crippen molar-refractivity contribution in [3.8, 4) is 0 Å². The Morgan fingerprint density at radius 2 is 2.45 bits per heavy atom. The van der Waals surface area contributed by atoms with Crippen molar-refractivity contribution >= 4 is 6.41 Å². The Kier molecular flexibility index (Phi) is 2.60. The fraction of sp³-hybridized carbons (Fsp3) is 0.250. The van der Waals surface area contributed by atoms with Gasteiger partial charge in [0.2, 0.25) is 6.41 Å². The molecule has 1 aromatic heterocycles. The van der Waals surface area contributed by atoms with Crippen molar-refractivity contribution in [3.05, 3.63) is 29.6 Å². The van der Waals surface area contributed by atoms with Crippen molar-refractivity contribution in [1.29, 1.82) is 0 Å². The summed E-state index contributed by atoms with van der Waals surface area (Å²) in [5.41, 5.74) is 1.85. The summed E-state index contributed by atoms with van der Waals surface area (Å²) in [6, 6.07) is 5.72. The molecule has 1 N–H and O–H groups in total. The van der Waals surface area contributed by atoms with E-state index < -0.39 is 0 Å². The lowest BCUT2D eigenvalue weighted by Gasteiger charge is -1.98. The molecule has 0 aliphatic carbocycles. The van der Waals surface area contributed by atoms with Gasteiger partial charge < -0.3 is 5.32 Å². The van der Waals surface area contributed by atoms with Gasteiger partial charge in [0.1, 0.15) is 0 Å². The van der Waals surface area contributed by atoms with Gasteiger partial charge in [-0.3, -0.25) is 9.78 Å². The van der Waals surface area contributed by atoms with Crippen molar-refractivity contribution in [2.45, 2.75) is 13.5 Å². The second-order valence-corrected chi connectivity index (χ2v) is 2.27. The normalized spacial score (nSPS) is 9.18. The van der Waals surface area contributed by atoms with Gasteiger partial charge in [-0.1, -0.05) is 6.07 Å². The molecule has 58 valence electrons. The molecular formula is C8H10N2O. The molecule has 1 amide bonds. The maximum absolute atomic E-state index is 9.92. The SMILES string of the molecule is Cc1cccc(CNC=O)n1. The highest BCUT2D eigenvalue weighted by Crippen LogP contribution is 1.96. The number of nitrogens with zero attached hydrogens (tertiary/aromatic N) is 1. The van der Waals surface area contributed by atoms with Crippen LogP contribution in [0.3, 0.4) is 0 Å². The van der Waals surface area contributed by atoms with Gasteiger partial charge >= 0.3 is 0 Å². The number of carbonyl (C=O) groups is 1.